The second kappa shape index (κ2) is 65.4. The third-order valence-electron chi connectivity index (χ3n) is 32.4. The van der Waals surface area contributed by atoms with Gasteiger partial charge in [-0.1, -0.05) is 457 Å². The van der Waals surface area contributed by atoms with Crippen LogP contribution >= 0.6 is 0 Å². The van der Waals surface area contributed by atoms with Gasteiger partial charge in [0.15, 0.2) is 0 Å². The number of benzene rings is 12. The summed E-state index contributed by atoms with van der Waals surface area (Å²) in [5, 5.41) is 12.0. The maximum absolute atomic E-state index is 16.4. The highest BCUT2D eigenvalue weighted by molar-refractivity contribution is 6.04. The Morgan fingerprint density at radius 3 is 0.373 bits per heavy atom. The predicted octanol–water partition coefficient (Wildman–Crippen LogP) is 35.9. The van der Waals surface area contributed by atoms with E-state index in [4.69, 9.17) is 0 Å². The number of fused-ring (bicyclic) bond motifs is 6. The molecule has 0 spiro atoms. The van der Waals surface area contributed by atoms with Gasteiger partial charge in [0.25, 0.3) is 35.4 Å². The Kier molecular flexibility index (Phi) is 50.6. The van der Waals surface area contributed by atoms with Gasteiger partial charge < -0.3 is 29.4 Å². The van der Waals surface area contributed by atoms with Crippen molar-refractivity contribution in [3.63, 3.8) is 0 Å². The van der Waals surface area contributed by atoms with Crippen molar-refractivity contribution in [3.05, 3.63) is 285 Å². The summed E-state index contributed by atoms with van der Waals surface area (Å²) in [6.07, 6.45) is 65.9. The van der Waals surface area contributed by atoms with Crippen LogP contribution in [-0.4, -0.2) is 143 Å². The summed E-state index contributed by atoms with van der Waals surface area (Å²) < 4.78 is 0. The van der Waals surface area contributed by atoms with Crippen molar-refractivity contribution in [1.82, 2.24) is 29.4 Å². The molecule has 0 saturated carbocycles. The predicted molar refractivity (Wildman–Crippen MR) is 637 cm³/mol. The van der Waals surface area contributed by atoms with E-state index in [-0.39, 0.29) is 114 Å². The van der Waals surface area contributed by atoms with E-state index in [9.17, 15) is 0 Å². The van der Waals surface area contributed by atoms with E-state index in [2.05, 4.69) is 187 Å². The van der Waals surface area contributed by atoms with Crippen LogP contribution in [0.1, 0.15) is 445 Å². The maximum atomic E-state index is 16.4. The first kappa shape index (κ1) is 116. The van der Waals surface area contributed by atoms with Crippen LogP contribution in [-0.2, 0) is 38.5 Å². The Hall–Kier alpha value is -11.0. The van der Waals surface area contributed by atoms with Gasteiger partial charge in [0, 0.05) is 112 Å². The smallest absolute Gasteiger partial charge is 0.253 e. The maximum Gasteiger partial charge on any atom is 0.253 e. The van der Waals surface area contributed by atoms with Crippen molar-refractivity contribution >= 4 is 100 Å². The lowest BCUT2D eigenvalue weighted by atomic mass is 9.99. The van der Waals surface area contributed by atoms with Gasteiger partial charge in [0.1, 0.15) is 0 Å². The van der Waals surface area contributed by atoms with E-state index in [1.807, 2.05) is 102 Å². The number of carbonyl (C=O) groups is 6. The lowest BCUT2D eigenvalue weighted by Crippen LogP contribution is -2.50. The standard InChI is InChI=1S/C138H186N6O6/c1-7-13-19-25-31-37-43-49-55-109-61-67-121-103-127(79-73-115(121)97-109)133(145)139-85-87-140(134(146)128-80-74-116-98-110(62-68-122(116)104-128)56-50-44-38-32-26-20-14-8-2)89-91-142(136(148)130-82-76-118-100-112(64-70-124(118)106-130)58-52-46-40-34-28-22-16-10-4)93-95-144(138(150)132-84-78-120-102-114(66-72-126(120)108-132)60-54-48-42-36-30-24-18-12-6)96-94-143(137(149)131-83-77-119-101-113(65-71-125(119)107-131)59-53-47-41-35-29-23-17-11-5)92-90-141(88-86-139)135(147)129-81-75-117-99-111(63-69-123(117)105-129)57-51-45-39-33-27-21-15-9-3/h61-84,97-108H,7-60,85-96H2,1-6H3. The van der Waals surface area contributed by atoms with Gasteiger partial charge in [-0.05, 0) is 248 Å². The minimum absolute atomic E-state index is 0.0661. The number of hydrogen-bond donors (Lipinski definition) is 0. The van der Waals surface area contributed by atoms with Crippen LogP contribution in [0.4, 0.5) is 0 Å². The lowest BCUT2D eigenvalue weighted by molar-refractivity contribution is 0.0535. The average molecular weight is 2030 g/mol. The average Bonchev–Trinajstić information content (AvgIpc) is 0.808. The Balaban J connectivity index is 0.894. The molecule has 0 aromatic heterocycles. The molecule has 1 aliphatic rings. The molecule has 0 bridgehead atoms. The Bertz CT molecular complexity index is 5170. The highest BCUT2D eigenvalue weighted by atomic mass is 16.2. The summed E-state index contributed by atoms with van der Waals surface area (Å²) in [5.74, 6) is -1.46. The Morgan fingerprint density at radius 2 is 0.247 bits per heavy atom. The molecule has 1 fully saturated rings. The molecule has 12 aromatic rings. The largest absolute Gasteiger partial charge is 0.335 e. The third kappa shape index (κ3) is 37.8. The monoisotopic (exact) mass is 2020 g/mol. The molecule has 0 N–H and O–H groups in total. The second-order valence-electron chi connectivity index (χ2n) is 44.5. The SMILES string of the molecule is CCCCCCCCCCc1ccc2cc(C(=O)N3CCN(C(=O)c4ccc5cc(CCCCCCCCCC)ccc5c4)CCN(C(=O)c4ccc5cc(CCCCCCCCCC)ccc5c4)CCN(C(=O)c4ccc5cc(CCCCCCCCCC)ccc5c4)CCN(C(=O)c4ccc5cc(CCCCCCCCCC)ccc5c4)CCN(C(=O)c4ccc5cc(CCCCCCCCCC)ccc5c4)CC3)ccc2c1. The van der Waals surface area contributed by atoms with E-state index < -0.39 is 0 Å². The zero-order chi connectivity index (χ0) is 105. The highest BCUT2D eigenvalue weighted by Crippen LogP contribution is 2.32. The van der Waals surface area contributed by atoms with E-state index in [0.717, 1.165) is 142 Å². The quantitative estimate of drug-likeness (QED) is 0.0350. The van der Waals surface area contributed by atoms with Gasteiger partial charge in [-0.25, -0.2) is 0 Å². The van der Waals surface area contributed by atoms with Crippen molar-refractivity contribution in [3.8, 4) is 0 Å². The minimum Gasteiger partial charge on any atom is -0.335 e. The van der Waals surface area contributed by atoms with Crippen LogP contribution in [0.5, 0.6) is 0 Å². The first-order chi connectivity index (χ1) is 73.7. The zero-order valence-corrected chi connectivity index (χ0v) is 93.6. The van der Waals surface area contributed by atoms with Crippen LogP contribution in [0, 0.1) is 0 Å². The molecule has 1 aliphatic heterocycles. The molecule has 6 amide bonds. The van der Waals surface area contributed by atoms with Crippen molar-refractivity contribution < 1.29 is 28.8 Å². The molecule has 12 heteroatoms. The van der Waals surface area contributed by atoms with Crippen molar-refractivity contribution in [2.24, 2.45) is 0 Å². The fourth-order valence-electron chi connectivity index (χ4n) is 22.7. The van der Waals surface area contributed by atoms with Crippen LogP contribution < -0.4 is 0 Å². The zero-order valence-electron chi connectivity index (χ0n) is 93.6. The molecule has 0 radical (unpaired) electrons. The van der Waals surface area contributed by atoms with Crippen molar-refractivity contribution in [2.75, 3.05) is 78.5 Å². The molecule has 1 saturated heterocycles. The van der Waals surface area contributed by atoms with E-state index in [0.29, 0.717) is 33.4 Å². The summed E-state index contributed by atoms with van der Waals surface area (Å²) in [6, 6.07) is 76.0. The van der Waals surface area contributed by atoms with Gasteiger partial charge in [-0.15, -0.1) is 0 Å². The number of nitrogens with zero attached hydrogens (tertiary/aromatic N) is 6. The summed E-state index contributed by atoms with van der Waals surface area (Å²) >= 11 is 0. The lowest BCUT2D eigenvalue weighted by Gasteiger charge is -2.35. The van der Waals surface area contributed by atoms with Crippen LogP contribution in [0.25, 0.3) is 64.6 Å². The van der Waals surface area contributed by atoms with Gasteiger partial charge >= 0.3 is 0 Å². The fraction of sp³-hybridized carbons (Fsp3) is 0.522. The molecular formula is C138H186N6O6. The van der Waals surface area contributed by atoms with Gasteiger partial charge in [-0.2, -0.15) is 0 Å². The molecule has 0 unspecified atom stereocenters. The number of hydrogen-bond acceptors (Lipinski definition) is 6. The molecule has 804 valence electrons. The van der Waals surface area contributed by atoms with Crippen molar-refractivity contribution in [1.29, 1.82) is 0 Å². The Labute approximate surface area is 904 Å². The van der Waals surface area contributed by atoms with Gasteiger partial charge in [0.05, 0.1) is 0 Å². The molecule has 0 atom stereocenters. The molecule has 150 heavy (non-hydrogen) atoms. The summed E-state index contributed by atoms with van der Waals surface area (Å²) in [7, 11) is 0. The fourth-order valence-corrected chi connectivity index (χ4v) is 22.7. The summed E-state index contributed by atoms with van der Waals surface area (Å²) in [4.78, 5) is 109. The number of rotatable bonds is 60. The third-order valence-corrected chi connectivity index (χ3v) is 32.4. The molecule has 0 aliphatic carbocycles. The molecule has 12 nitrogen and oxygen atoms in total. The first-order valence-electron chi connectivity index (χ1n) is 60.6. The number of unbranched alkanes of at least 4 members (excludes halogenated alkanes) is 42. The van der Waals surface area contributed by atoms with Crippen LogP contribution in [0.15, 0.2) is 218 Å². The highest BCUT2D eigenvalue weighted by Gasteiger charge is 2.31. The second-order valence-corrected chi connectivity index (χ2v) is 44.5. The van der Waals surface area contributed by atoms with Crippen LogP contribution in [0.3, 0.4) is 0 Å². The molecular weight excluding hydrogens is 1840 g/mol. The summed E-state index contributed by atoms with van der Waals surface area (Å²) in [6.45, 7) is 14.4. The van der Waals surface area contributed by atoms with Gasteiger partial charge in [-0.3, -0.25) is 28.8 Å². The molecule has 13 rings (SSSR count). The van der Waals surface area contributed by atoms with E-state index in [1.165, 1.54) is 303 Å². The molecule has 1 heterocycles. The normalized spacial score (nSPS) is 13.4. The number of carbonyl (C=O) groups excluding carboxylic acids is 6. The van der Waals surface area contributed by atoms with Gasteiger partial charge in [0.2, 0.25) is 0 Å². The Morgan fingerprint density at radius 1 is 0.140 bits per heavy atom. The summed E-state index contributed by atoms with van der Waals surface area (Å²) in [5.41, 5.74) is 10.6. The minimum atomic E-state index is -0.243. The molecule has 12 aromatic carbocycles. The van der Waals surface area contributed by atoms with Crippen molar-refractivity contribution in [2.45, 2.75) is 388 Å². The number of aryl methyl sites for hydroxylation is 6. The number of amides is 6. The first-order valence-corrected chi connectivity index (χ1v) is 60.6. The van der Waals surface area contributed by atoms with E-state index >= 15 is 28.8 Å². The van der Waals surface area contributed by atoms with E-state index in [1.54, 1.807) is 0 Å². The van der Waals surface area contributed by atoms with Crippen LogP contribution in [0.2, 0.25) is 0 Å². The topological polar surface area (TPSA) is 122 Å².